The molecule has 1 unspecified atom stereocenters. The molecule has 0 bridgehead atoms. The van der Waals surface area contributed by atoms with Crippen molar-refractivity contribution >= 4 is 32.1 Å². The molecule has 94 valence electrons. The molecule has 2 N–H and O–H groups in total. The number of aromatic nitrogens is 2. The van der Waals surface area contributed by atoms with Crippen LogP contribution in [-0.4, -0.2) is 9.78 Å². The topological polar surface area (TPSA) is 43.8 Å². The Bertz CT molecular complexity index is 621. The Hall–Kier alpha value is -1.17. The first-order valence-corrected chi connectivity index (χ1v) is 7.63. The molecule has 0 spiro atoms. The molecule has 1 atom stereocenters. The fourth-order valence-electron chi connectivity index (χ4n) is 2.06. The SMILES string of the molecule is Cn1nccc1CCC(N)c1cc2sccc2s1. The van der Waals surface area contributed by atoms with Crippen molar-refractivity contribution in [1.82, 2.24) is 9.78 Å². The van der Waals surface area contributed by atoms with Gasteiger partial charge in [0.15, 0.2) is 0 Å². The van der Waals surface area contributed by atoms with E-state index in [0.29, 0.717) is 0 Å². The van der Waals surface area contributed by atoms with E-state index in [1.54, 1.807) is 11.3 Å². The summed E-state index contributed by atoms with van der Waals surface area (Å²) in [6, 6.07) is 6.59. The Kier molecular flexibility index (Phi) is 3.20. The molecule has 5 heteroatoms. The lowest BCUT2D eigenvalue weighted by Gasteiger charge is -2.09. The van der Waals surface area contributed by atoms with E-state index in [1.165, 1.54) is 20.0 Å². The zero-order valence-electron chi connectivity index (χ0n) is 10.2. The molecular formula is C13H15N3S2. The van der Waals surface area contributed by atoms with Gasteiger partial charge in [0.25, 0.3) is 0 Å². The lowest BCUT2D eigenvalue weighted by molar-refractivity contribution is 0.620. The predicted octanol–water partition coefficient (Wildman–Crippen LogP) is 3.33. The highest BCUT2D eigenvalue weighted by atomic mass is 32.1. The summed E-state index contributed by atoms with van der Waals surface area (Å²) >= 11 is 3.60. The molecule has 0 saturated carbocycles. The van der Waals surface area contributed by atoms with Crippen LogP contribution in [0, 0.1) is 0 Å². The summed E-state index contributed by atoms with van der Waals surface area (Å²) in [6.45, 7) is 0. The minimum Gasteiger partial charge on any atom is -0.323 e. The van der Waals surface area contributed by atoms with Crippen LogP contribution in [0.2, 0.25) is 0 Å². The van der Waals surface area contributed by atoms with Crippen LogP contribution in [0.15, 0.2) is 29.8 Å². The van der Waals surface area contributed by atoms with Gasteiger partial charge in [0.1, 0.15) is 0 Å². The molecule has 3 nitrogen and oxygen atoms in total. The molecule has 3 heterocycles. The first kappa shape index (κ1) is 11.9. The molecule has 0 aromatic carbocycles. The van der Waals surface area contributed by atoms with Crippen LogP contribution in [0.1, 0.15) is 23.0 Å². The summed E-state index contributed by atoms with van der Waals surface area (Å²) in [5.74, 6) is 0. The third-order valence-electron chi connectivity index (χ3n) is 3.16. The monoisotopic (exact) mass is 277 g/mol. The van der Waals surface area contributed by atoms with Crippen molar-refractivity contribution in [2.75, 3.05) is 0 Å². The minimum absolute atomic E-state index is 0.129. The van der Waals surface area contributed by atoms with Crippen LogP contribution in [-0.2, 0) is 13.5 Å². The van der Waals surface area contributed by atoms with Crippen LogP contribution < -0.4 is 5.73 Å². The second-order valence-electron chi connectivity index (χ2n) is 4.39. The van der Waals surface area contributed by atoms with Gasteiger partial charge < -0.3 is 5.73 Å². The summed E-state index contributed by atoms with van der Waals surface area (Å²) in [7, 11) is 1.97. The summed E-state index contributed by atoms with van der Waals surface area (Å²) in [6.07, 6.45) is 3.78. The van der Waals surface area contributed by atoms with Gasteiger partial charge in [-0.15, -0.1) is 22.7 Å². The van der Waals surface area contributed by atoms with Crippen molar-refractivity contribution in [2.45, 2.75) is 18.9 Å². The first-order valence-electron chi connectivity index (χ1n) is 5.93. The largest absolute Gasteiger partial charge is 0.323 e. The molecule has 0 fully saturated rings. The first-order chi connectivity index (χ1) is 8.74. The smallest absolute Gasteiger partial charge is 0.0492 e. The van der Waals surface area contributed by atoms with E-state index in [2.05, 4.69) is 28.7 Å². The molecule has 3 rings (SSSR count). The number of fused-ring (bicyclic) bond motifs is 1. The lowest BCUT2D eigenvalue weighted by Crippen LogP contribution is -2.10. The second-order valence-corrected chi connectivity index (χ2v) is 6.45. The van der Waals surface area contributed by atoms with E-state index in [1.807, 2.05) is 29.3 Å². The number of hydrogen-bond acceptors (Lipinski definition) is 4. The van der Waals surface area contributed by atoms with Crippen LogP contribution in [0.5, 0.6) is 0 Å². The molecule has 0 aliphatic heterocycles. The molecule has 0 amide bonds. The average molecular weight is 277 g/mol. The molecular weight excluding hydrogens is 262 g/mol. The van der Waals surface area contributed by atoms with Gasteiger partial charge in [0.05, 0.1) is 0 Å². The van der Waals surface area contributed by atoms with E-state index < -0.39 is 0 Å². The van der Waals surface area contributed by atoms with Crippen molar-refractivity contribution in [3.8, 4) is 0 Å². The number of thiophene rings is 2. The molecule has 0 saturated heterocycles. The third-order valence-corrected chi connectivity index (χ3v) is 5.38. The van der Waals surface area contributed by atoms with E-state index in [0.717, 1.165) is 12.8 Å². The van der Waals surface area contributed by atoms with Gasteiger partial charge in [-0.3, -0.25) is 4.68 Å². The Morgan fingerprint density at radius 3 is 3.00 bits per heavy atom. The maximum atomic E-state index is 6.27. The summed E-state index contributed by atoms with van der Waals surface area (Å²) in [5.41, 5.74) is 7.51. The molecule has 3 aromatic heterocycles. The zero-order valence-corrected chi connectivity index (χ0v) is 11.8. The van der Waals surface area contributed by atoms with Gasteiger partial charge in [-0.25, -0.2) is 0 Å². The number of nitrogens with two attached hydrogens (primary N) is 1. The standard InChI is InChI=1S/C13H15N3S2/c1-16-9(4-6-15-16)2-3-10(14)12-8-13-11(18-12)5-7-17-13/h4-8,10H,2-3,14H2,1H3. The summed E-state index contributed by atoms with van der Waals surface area (Å²) < 4.78 is 4.62. The van der Waals surface area contributed by atoms with Gasteiger partial charge in [-0.05, 0) is 36.4 Å². The van der Waals surface area contributed by atoms with Crippen LogP contribution in [0.4, 0.5) is 0 Å². The van der Waals surface area contributed by atoms with Gasteiger partial charge in [0, 0.05) is 39.3 Å². The maximum Gasteiger partial charge on any atom is 0.0492 e. The Morgan fingerprint density at radius 2 is 2.28 bits per heavy atom. The quantitative estimate of drug-likeness (QED) is 0.795. The minimum atomic E-state index is 0.129. The highest BCUT2D eigenvalue weighted by Crippen LogP contribution is 2.33. The van der Waals surface area contributed by atoms with Gasteiger partial charge in [0.2, 0.25) is 0 Å². The second kappa shape index (κ2) is 4.84. The van der Waals surface area contributed by atoms with Crippen molar-refractivity contribution in [1.29, 1.82) is 0 Å². The maximum absolute atomic E-state index is 6.27. The molecule has 0 aliphatic carbocycles. The fourth-order valence-corrected chi connectivity index (χ4v) is 4.21. The molecule has 0 radical (unpaired) electrons. The summed E-state index contributed by atoms with van der Waals surface area (Å²) in [4.78, 5) is 1.29. The van der Waals surface area contributed by atoms with E-state index in [-0.39, 0.29) is 6.04 Å². The Balaban J connectivity index is 1.69. The van der Waals surface area contributed by atoms with Crippen molar-refractivity contribution < 1.29 is 0 Å². The highest BCUT2D eigenvalue weighted by Gasteiger charge is 2.11. The third kappa shape index (κ3) is 2.21. The van der Waals surface area contributed by atoms with Crippen LogP contribution >= 0.6 is 22.7 Å². The fraction of sp³-hybridized carbons (Fsp3) is 0.308. The van der Waals surface area contributed by atoms with Gasteiger partial charge >= 0.3 is 0 Å². The normalized spacial score (nSPS) is 13.2. The highest BCUT2D eigenvalue weighted by molar-refractivity contribution is 7.26. The molecule has 18 heavy (non-hydrogen) atoms. The van der Waals surface area contributed by atoms with E-state index in [9.17, 15) is 0 Å². The number of aryl methyl sites for hydroxylation is 2. The van der Waals surface area contributed by atoms with Crippen molar-refractivity contribution in [2.24, 2.45) is 12.8 Å². The number of rotatable bonds is 4. The zero-order chi connectivity index (χ0) is 12.5. The lowest BCUT2D eigenvalue weighted by atomic mass is 10.1. The van der Waals surface area contributed by atoms with Crippen molar-refractivity contribution in [3.63, 3.8) is 0 Å². The number of nitrogens with zero attached hydrogens (tertiary/aromatic N) is 2. The van der Waals surface area contributed by atoms with Gasteiger partial charge in [-0.2, -0.15) is 5.10 Å². The number of hydrogen-bond donors (Lipinski definition) is 1. The molecule has 0 aliphatic rings. The average Bonchev–Trinajstić information content (AvgIpc) is 3.00. The van der Waals surface area contributed by atoms with Crippen molar-refractivity contribution in [3.05, 3.63) is 40.3 Å². The van der Waals surface area contributed by atoms with Gasteiger partial charge in [-0.1, -0.05) is 0 Å². The van der Waals surface area contributed by atoms with E-state index in [4.69, 9.17) is 5.73 Å². The Morgan fingerprint density at radius 1 is 1.39 bits per heavy atom. The van der Waals surface area contributed by atoms with E-state index >= 15 is 0 Å². The predicted molar refractivity (Wildman–Crippen MR) is 78.2 cm³/mol. The summed E-state index contributed by atoms with van der Waals surface area (Å²) in [5, 5.41) is 6.30. The molecule has 3 aromatic rings. The van der Waals surface area contributed by atoms with Crippen LogP contribution in [0.3, 0.4) is 0 Å². The van der Waals surface area contributed by atoms with Crippen LogP contribution in [0.25, 0.3) is 9.40 Å². The Labute approximate surface area is 114 Å².